The molecule has 0 spiro atoms. The van der Waals surface area contributed by atoms with E-state index in [1.807, 2.05) is 12.1 Å². The summed E-state index contributed by atoms with van der Waals surface area (Å²) >= 11 is 1.76. The number of para-hydroxylation sites is 1. The first-order valence-corrected chi connectivity index (χ1v) is 7.84. The summed E-state index contributed by atoms with van der Waals surface area (Å²) in [6, 6.07) is 18.1. The van der Waals surface area contributed by atoms with Gasteiger partial charge in [0, 0.05) is 33.8 Å². The van der Waals surface area contributed by atoms with Crippen LogP contribution in [0.4, 0.5) is 0 Å². The average Bonchev–Trinajstić information content (AvgIpc) is 3.08. The number of rotatable bonds is 2. The predicted octanol–water partition coefficient (Wildman–Crippen LogP) is 4.16. The van der Waals surface area contributed by atoms with Gasteiger partial charge in [-0.25, -0.2) is 0 Å². The molecule has 22 heavy (non-hydrogen) atoms. The molecule has 2 aromatic heterocycles. The molecule has 2 heterocycles. The Morgan fingerprint density at radius 1 is 1.05 bits per heavy atom. The van der Waals surface area contributed by atoms with Gasteiger partial charge in [0.2, 0.25) is 5.91 Å². The van der Waals surface area contributed by atoms with Crippen LogP contribution < -0.4 is 5.73 Å². The lowest BCUT2D eigenvalue weighted by Crippen LogP contribution is -2.10. The van der Waals surface area contributed by atoms with Crippen molar-refractivity contribution < 1.29 is 4.79 Å². The van der Waals surface area contributed by atoms with E-state index in [4.69, 9.17) is 5.73 Å². The van der Waals surface area contributed by atoms with Crippen molar-refractivity contribution in [3.05, 3.63) is 60.2 Å². The van der Waals surface area contributed by atoms with Gasteiger partial charge in [-0.05, 0) is 29.8 Å². The first kappa shape index (κ1) is 13.1. The molecule has 0 aliphatic rings. The molecule has 2 N–H and O–H groups in total. The molecule has 0 bridgehead atoms. The van der Waals surface area contributed by atoms with E-state index in [1.165, 1.54) is 26.0 Å². The number of carbonyl (C=O) groups excluding carboxylic acids is 1. The molecular weight excluding hydrogens is 292 g/mol. The molecule has 0 aliphatic heterocycles. The Kier molecular flexibility index (Phi) is 2.81. The summed E-state index contributed by atoms with van der Waals surface area (Å²) in [6.45, 7) is 0. The van der Waals surface area contributed by atoms with Crippen molar-refractivity contribution in [2.45, 2.75) is 0 Å². The van der Waals surface area contributed by atoms with Gasteiger partial charge in [0.1, 0.15) is 4.83 Å². The highest BCUT2D eigenvalue weighted by molar-refractivity contribution is 7.22. The molecule has 0 atom stereocenters. The summed E-state index contributed by atoms with van der Waals surface area (Å²) in [4.78, 5) is 13.6. The molecule has 3 nitrogen and oxygen atoms in total. The van der Waals surface area contributed by atoms with E-state index in [9.17, 15) is 4.79 Å². The average molecular weight is 306 g/mol. The second-order valence-corrected chi connectivity index (χ2v) is 6.38. The fraction of sp³-hybridized carbons (Fsp3) is 0.0556. The van der Waals surface area contributed by atoms with Crippen LogP contribution in [0.2, 0.25) is 0 Å². The SMILES string of the molecule is Cn1c2ccccc2c2cc(-c3ccc(C(N)=O)cc3)sc21. The van der Waals surface area contributed by atoms with Crippen LogP contribution in [0.25, 0.3) is 31.6 Å². The van der Waals surface area contributed by atoms with Gasteiger partial charge in [-0.3, -0.25) is 4.79 Å². The van der Waals surface area contributed by atoms with Crippen LogP contribution in [-0.4, -0.2) is 10.5 Å². The topological polar surface area (TPSA) is 48.0 Å². The summed E-state index contributed by atoms with van der Waals surface area (Å²) in [7, 11) is 2.10. The van der Waals surface area contributed by atoms with Crippen molar-refractivity contribution in [3.63, 3.8) is 0 Å². The number of benzene rings is 2. The highest BCUT2D eigenvalue weighted by atomic mass is 32.1. The molecule has 108 valence electrons. The van der Waals surface area contributed by atoms with E-state index in [1.54, 1.807) is 23.5 Å². The maximum atomic E-state index is 11.2. The van der Waals surface area contributed by atoms with Crippen LogP contribution in [0, 0.1) is 0 Å². The first-order chi connectivity index (χ1) is 10.6. The minimum atomic E-state index is -0.395. The Morgan fingerprint density at radius 2 is 1.77 bits per heavy atom. The number of hydrogen-bond acceptors (Lipinski definition) is 2. The van der Waals surface area contributed by atoms with Crippen LogP contribution >= 0.6 is 11.3 Å². The zero-order valence-corrected chi connectivity index (χ0v) is 12.9. The van der Waals surface area contributed by atoms with Gasteiger partial charge in [0.25, 0.3) is 0 Å². The summed E-state index contributed by atoms with van der Waals surface area (Å²) in [5.74, 6) is -0.395. The molecule has 0 saturated carbocycles. The maximum Gasteiger partial charge on any atom is 0.248 e. The van der Waals surface area contributed by atoms with Crippen molar-refractivity contribution in [1.29, 1.82) is 0 Å². The molecule has 0 aliphatic carbocycles. The molecule has 4 rings (SSSR count). The third-order valence-corrected chi connectivity index (χ3v) is 5.29. The van der Waals surface area contributed by atoms with Crippen molar-refractivity contribution in [2.24, 2.45) is 12.8 Å². The summed E-state index contributed by atoms with van der Waals surface area (Å²) in [5.41, 5.74) is 8.18. The monoisotopic (exact) mass is 306 g/mol. The number of aromatic nitrogens is 1. The van der Waals surface area contributed by atoms with Gasteiger partial charge in [-0.1, -0.05) is 30.3 Å². The number of amides is 1. The van der Waals surface area contributed by atoms with Gasteiger partial charge < -0.3 is 10.3 Å². The Bertz CT molecular complexity index is 1010. The molecule has 0 radical (unpaired) electrons. The van der Waals surface area contributed by atoms with Crippen molar-refractivity contribution in [3.8, 4) is 10.4 Å². The number of hydrogen-bond donors (Lipinski definition) is 1. The standard InChI is InChI=1S/C18H14N2OS/c1-20-15-5-3-2-4-13(15)14-10-16(22-18(14)20)11-6-8-12(9-7-11)17(19)21/h2-10H,1H3,(H2,19,21). The predicted molar refractivity (Wildman–Crippen MR) is 92.3 cm³/mol. The second-order valence-electron chi connectivity index (χ2n) is 5.35. The van der Waals surface area contributed by atoms with Crippen LogP contribution in [0.15, 0.2) is 54.6 Å². The highest BCUT2D eigenvalue weighted by Gasteiger charge is 2.12. The molecule has 4 aromatic rings. The number of fused-ring (bicyclic) bond motifs is 3. The number of nitrogens with two attached hydrogens (primary N) is 1. The zero-order chi connectivity index (χ0) is 15.3. The van der Waals surface area contributed by atoms with Gasteiger partial charge in [-0.2, -0.15) is 0 Å². The maximum absolute atomic E-state index is 11.2. The molecule has 1 amide bonds. The Labute approximate surface area is 131 Å². The van der Waals surface area contributed by atoms with E-state index < -0.39 is 5.91 Å². The largest absolute Gasteiger partial charge is 0.366 e. The lowest BCUT2D eigenvalue weighted by atomic mass is 10.1. The molecule has 0 fully saturated rings. The van der Waals surface area contributed by atoms with E-state index in [0.29, 0.717) is 5.56 Å². The second kappa shape index (κ2) is 4.71. The molecular formula is C18H14N2OS. The minimum absolute atomic E-state index is 0.395. The van der Waals surface area contributed by atoms with Gasteiger partial charge in [0.05, 0.1) is 0 Å². The fourth-order valence-electron chi connectivity index (χ4n) is 2.87. The molecule has 0 saturated heterocycles. The number of carbonyl (C=O) groups is 1. The van der Waals surface area contributed by atoms with Gasteiger partial charge in [-0.15, -0.1) is 11.3 Å². The number of thiophene rings is 1. The third-order valence-electron chi connectivity index (χ3n) is 4.03. The Morgan fingerprint density at radius 3 is 2.50 bits per heavy atom. The van der Waals surface area contributed by atoms with E-state index in [0.717, 1.165) is 5.56 Å². The molecule has 2 aromatic carbocycles. The smallest absolute Gasteiger partial charge is 0.248 e. The van der Waals surface area contributed by atoms with Crippen molar-refractivity contribution in [2.75, 3.05) is 0 Å². The third kappa shape index (κ3) is 1.84. The van der Waals surface area contributed by atoms with Crippen LogP contribution in [0.5, 0.6) is 0 Å². The van der Waals surface area contributed by atoms with E-state index in [2.05, 4.69) is 41.9 Å². The van der Waals surface area contributed by atoms with Gasteiger partial charge >= 0.3 is 0 Å². The van der Waals surface area contributed by atoms with Crippen molar-refractivity contribution >= 4 is 38.4 Å². The molecule has 4 heteroatoms. The summed E-state index contributed by atoms with van der Waals surface area (Å²) in [6.07, 6.45) is 0. The van der Waals surface area contributed by atoms with Crippen LogP contribution in [0.3, 0.4) is 0 Å². The number of nitrogens with zero attached hydrogens (tertiary/aromatic N) is 1. The quantitative estimate of drug-likeness (QED) is 0.594. The Hall–Kier alpha value is -2.59. The minimum Gasteiger partial charge on any atom is -0.366 e. The summed E-state index contributed by atoms with van der Waals surface area (Å²) < 4.78 is 2.23. The zero-order valence-electron chi connectivity index (χ0n) is 12.0. The van der Waals surface area contributed by atoms with Gasteiger partial charge in [0.15, 0.2) is 0 Å². The number of primary amides is 1. The fourth-order valence-corrected chi connectivity index (χ4v) is 4.02. The molecule has 0 unspecified atom stereocenters. The number of aryl methyl sites for hydroxylation is 1. The van der Waals surface area contributed by atoms with E-state index in [-0.39, 0.29) is 0 Å². The van der Waals surface area contributed by atoms with Crippen LogP contribution in [-0.2, 0) is 7.05 Å². The first-order valence-electron chi connectivity index (χ1n) is 7.02. The normalized spacial score (nSPS) is 11.3. The Balaban J connectivity index is 1.89. The highest BCUT2D eigenvalue weighted by Crippen LogP contribution is 2.38. The van der Waals surface area contributed by atoms with Crippen molar-refractivity contribution in [1.82, 2.24) is 4.57 Å². The van der Waals surface area contributed by atoms with E-state index >= 15 is 0 Å². The lowest BCUT2D eigenvalue weighted by Gasteiger charge is -2.00. The van der Waals surface area contributed by atoms with Crippen LogP contribution in [0.1, 0.15) is 10.4 Å². The summed E-state index contributed by atoms with van der Waals surface area (Å²) in [5, 5.41) is 2.55. The lowest BCUT2D eigenvalue weighted by molar-refractivity contribution is 0.100.